The molecule has 5 nitrogen and oxygen atoms in total. The van der Waals surface area contributed by atoms with Gasteiger partial charge in [0.2, 0.25) is 5.91 Å². The van der Waals surface area contributed by atoms with Crippen molar-refractivity contribution in [2.45, 2.75) is 32.9 Å². The number of hydrogen-bond donors (Lipinski definition) is 1. The number of halogens is 3. The van der Waals surface area contributed by atoms with Gasteiger partial charge in [-0.05, 0) is 35.7 Å². The fourth-order valence-electron chi connectivity index (χ4n) is 3.60. The molecule has 0 aliphatic rings. The van der Waals surface area contributed by atoms with Gasteiger partial charge in [-0.25, -0.2) is 4.39 Å². The third kappa shape index (κ3) is 7.97. The van der Waals surface area contributed by atoms with E-state index < -0.39 is 24.4 Å². The van der Waals surface area contributed by atoms with E-state index in [9.17, 15) is 14.0 Å². The summed E-state index contributed by atoms with van der Waals surface area (Å²) in [6.45, 7) is 3.92. The second kappa shape index (κ2) is 13.3. The highest BCUT2D eigenvalue weighted by atomic mass is 35.5. The van der Waals surface area contributed by atoms with Crippen LogP contribution in [0.5, 0.6) is 5.75 Å². The van der Waals surface area contributed by atoms with Crippen LogP contribution < -0.4 is 10.1 Å². The molecule has 3 aromatic rings. The summed E-state index contributed by atoms with van der Waals surface area (Å²) in [6.07, 6.45) is 0.257. The number of benzene rings is 3. The molecule has 0 aliphatic carbocycles. The van der Waals surface area contributed by atoms with Crippen molar-refractivity contribution < 1.29 is 18.7 Å². The first-order chi connectivity index (χ1) is 17.2. The van der Waals surface area contributed by atoms with Crippen LogP contribution in [0.2, 0.25) is 10.0 Å². The quantitative estimate of drug-likeness (QED) is 0.334. The van der Waals surface area contributed by atoms with Crippen molar-refractivity contribution in [1.29, 1.82) is 0 Å². The predicted octanol–water partition coefficient (Wildman–Crippen LogP) is 5.92. The molecular weight excluding hydrogens is 502 g/mol. The first-order valence-electron chi connectivity index (χ1n) is 11.7. The van der Waals surface area contributed by atoms with Gasteiger partial charge in [-0.2, -0.15) is 0 Å². The van der Waals surface area contributed by atoms with Gasteiger partial charge in [0.1, 0.15) is 17.6 Å². The van der Waals surface area contributed by atoms with Crippen LogP contribution in [-0.4, -0.2) is 35.9 Å². The van der Waals surface area contributed by atoms with E-state index in [1.54, 1.807) is 30.3 Å². The van der Waals surface area contributed by atoms with Gasteiger partial charge < -0.3 is 15.0 Å². The molecule has 0 saturated carbocycles. The lowest BCUT2D eigenvalue weighted by molar-refractivity contribution is -0.142. The Kier molecular flexibility index (Phi) is 10.1. The molecule has 0 saturated heterocycles. The molecule has 0 radical (unpaired) electrons. The summed E-state index contributed by atoms with van der Waals surface area (Å²) in [5.74, 6) is -0.758. The number of nitrogens with one attached hydrogen (secondary N) is 1. The van der Waals surface area contributed by atoms with Gasteiger partial charge in [-0.15, -0.1) is 0 Å². The Morgan fingerprint density at radius 2 is 1.69 bits per heavy atom. The Balaban J connectivity index is 1.92. The molecule has 190 valence electrons. The topological polar surface area (TPSA) is 58.6 Å². The van der Waals surface area contributed by atoms with Crippen LogP contribution in [0.1, 0.15) is 25.0 Å². The SMILES string of the molecule is CC(C)CNC(=O)C(Cc1ccccc1)N(Cc1ccccc1F)C(=O)COc1ccc(Cl)cc1Cl. The highest BCUT2D eigenvalue weighted by molar-refractivity contribution is 6.35. The zero-order valence-corrected chi connectivity index (χ0v) is 21.7. The van der Waals surface area contributed by atoms with E-state index in [0.29, 0.717) is 17.1 Å². The van der Waals surface area contributed by atoms with Crippen molar-refractivity contribution in [1.82, 2.24) is 10.2 Å². The molecule has 1 atom stereocenters. The average Bonchev–Trinajstić information content (AvgIpc) is 2.85. The fraction of sp³-hybridized carbons (Fsp3) is 0.286. The minimum Gasteiger partial charge on any atom is -0.482 e. The van der Waals surface area contributed by atoms with E-state index in [0.717, 1.165) is 5.56 Å². The minimum absolute atomic E-state index is 0.101. The predicted molar refractivity (Wildman–Crippen MR) is 141 cm³/mol. The van der Waals surface area contributed by atoms with Gasteiger partial charge in [0.05, 0.1) is 5.02 Å². The molecule has 3 rings (SSSR count). The Labute approximate surface area is 221 Å². The summed E-state index contributed by atoms with van der Waals surface area (Å²) in [4.78, 5) is 28.2. The van der Waals surface area contributed by atoms with Crippen molar-refractivity contribution in [3.8, 4) is 5.75 Å². The van der Waals surface area contributed by atoms with Crippen LogP contribution in [0.3, 0.4) is 0 Å². The molecule has 3 aromatic carbocycles. The average molecular weight is 531 g/mol. The number of rotatable bonds is 11. The Hall–Kier alpha value is -3.09. The summed E-state index contributed by atoms with van der Waals surface area (Å²) < 4.78 is 20.3. The first kappa shape index (κ1) is 27.5. The maximum atomic E-state index is 14.6. The van der Waals surface area contributed by atoms with E-state index in [4.69, 9.17) is 27.9 Å². The summed E-state index contributed by atoms with van der Waals surface area (Å²) in [6, 6.07) is 19.4. The van der Waals surface area contributed by atoms with Crippen molar-refractivity contribution in [2.75, 3.05) is 13.2 Å². The molecule has 0 aromatic heterocycles. The maximum absolute atomic E-state index is 14.6. The van der Waals surface area contributed by atoms with E-state index in [-0.39, 0.29) is 35.6 Å². The largest absolute Gasteiger partial charge is 0.482 e. The van der Waals surface area contributed by atoms with E-state index in [1.165, 1.54) is 17.0 Å². The zero-order valence-electron chi connectivity index (χ0n) is 20.2. The lowest BCUT2D eigenvalue weighted by atomic mass is 10.0. The van der Waals surface area contributed by atoms with E-state index >= 15 is 0 Å². The molecule has 2 amide bonds. The highest BCUT2D eigenvalue weighted by Gasteiger charge is 2.31. The number of amides is 2. The Morgan fingerprint density at radius 3 is 2.36 bits per heavy atom. The summed E-state index contributed by atoms with van der Waals surface area (Å²) >= 11 is 12.1. The Bertz CT molecular complexity index is 1170. The minimum atomic E-state index is -0.887. The van der Waals surface area contributed by atoms with Gasteiger partial charge in [0.15, 0.2) is 6.61 Å². The molecule has 0 aliphatic heterocycles. The standard InChI is InChI=1S/C28H29Cl2FN2O3/c1-19(2)16-32-28(35)25(14-20-8-4-3-5-9-20)33(17-21-10-6-7-11-24(21)31)27(34)18-36-26-13-12-22(29)15-23(26)30/h3-13,15,19,25H,14,16-18H2,1-2H3,(H,32,35). The van der Waals surface area contributed by atoms with Crippen LogP contribution in [0.15, 0.2) is 72.8 Å². The first-order valence-corrected chi connectivity index (χ1v) is 12.4. The van der Waals surface area contributed by atoms with Gasteiger partial charge in [0, 0.05) is 30.1 Å². The van der Waals surface area contributed by atoms with Crippen LogP contribution >= 0.6 is 23.2 Å². The molecule has 0 fully saturated rings. The molecule has 0 bridgehead atoms. The Morgan fingerprint density at radius 1 is 1.00 bits per heavy atom. The number of carbonyl (C=O) groups excluding carboxylic acids is 2. The van der Waals surface area contributed by atoms with Crippen LogP contribution in [0, 0.1) is 11.7 Å². The van der Waals surface area contributed by atoms with Crippen molar-refractivity contribution in [3.05, 3.63) is 99.8 Å². The normalized spacial score (nSPS) is 11.7. The summed E-state index contributed by atoms with van der Waals surface area (Å²) in [7, 11) is 0. The fourth-order valence-corrected chi connectivity index (χ4v) is 4.06. The lowest BCUT2D eigenvalue weighted by Crippen LogP contribution is -2.52. The van der Waals surface area contributed by atoms with Gasteiger partial charge in [0.25, 0.3) is 5.91 Å². The number of ether oxygens (including phenoxy) is 1. The van der Waals surface area contributed by atoms with Gasteiger partial charge in [-0.1, -0.05) is 85.6 Å². The van der Waals surface area contributed by atoms with E-state index in [1.807, 2.05) is 44.2 Å². The molecule has 1 unspecified atom stereocenters. The van der Waals surface area contributed by atoms with Crippen LogP contribution in [0.4, 0.5) is 4.39 Å². The van der Waals surface area contributed by atoms with Gasteiger partial charge >= 0.3 is 0 Å². The van der Waals surface area contributed by atoms with E-state index in [2.05, 4.69) is 5.32 Å². The molecular formula is C28H29Cl2FN2O3. The third-order valence-electron chi connectivity index (χ3n) is 5.50. The zero-order chi connectivity index (χ0) is 26.1. The van der Waals surface area contributed by atoms with Gasteiger partial charge in [-0.3, -0.25) is 9.59 Å². The number of hydrogen-bond acceptors (Lipinski definition) is 3. The molecule has 0 heterocycles. The highest BCUT2D eigenvalue weighted by Crippen LogP contribution is 2.27. The summed E-state index contributed by atoms with van der Waals surface area (Å²) in [5, 5.41) is 3.61. The molecule has 36 heavy (non-hydrogen) atoms. The maximum Gasteiger partial charge on any atom is 0.261 e. The number of nitrogens with zero attached hydrogens (tertiary/aromatic N) is 1. The van der Waals surface area contributed by atoms with Crippen LogP contribution in [0.25, 0.3) is 0 Å². The summed E-state index contributed by atoms with van der Waals surface area (Å²) in [5.41, 5.74) is 1.17. The lowest BCUT2D eigenvalue weighted by Gasteiger charge is -2.32. The molecule has 8 heteroatoms. The van der Waals surface area contributed by atoms with Crippen LogP contribution in [-0.2, 0) is 22.6 Å². The monoisotopic (exact) mass is 530 g/mol. The number of carbonyl (C=O) groups is 2. The second-order valence-corrected chi connectivity index (χ2v) is 9.66. The second-order valence-electron chi connectivity index (χ2n) is 8.82. The molecule has 1 N–H and O–H groups in total. The van der Waals surface area contributed by atoms with Crippen molar-refractivity contribution in [2.24, 2.45) is 5.92 Å². The molecule has 0 spiro atoms. The van der Waals surface area contributed by atoms with Crippen molar-refractivity contribution >= 4 is 35.0 Å². The third-order valence-corrected chi connectivity index (χ3v) is 6.03. The smallest absolute Gasteiger partial charge is 0.261 e. The van der Waals surface area contributed by atoms with Crippen molar-refractivity contribution in [3.63, 3.8) is 0 Å².